The molecule has 0 aliphatic heterocycles. The highest BCUT2D eigenvalue weighted by Crippen LogP contribution is 1.60. The van der Waals surface area contributed by atoms with Gasteiger partial charge in [-0.05, 0) is 0 Å². The lowest BCUT2D eigenvalue weighted by Gasteiger charge is -1.33. The molecule has 0 aromatic heterocycles. The summed E-state index contributed by atoms with van der Waals surface area (Å²) in [5.41, 5.74) is 0. The van der Waals surface area contributed by atoms with Crippen molar-refractivity contribution in [1.82, 2.24) is 0 Å². The minimum absolute atomic E-state index is 0. The second kappa shape index (κ2) is 4.38. The number of carbonyl (C=O) groups excluding carboxylic acids is 1. The van der Waals surface area contributed by atoms with Crippen LogP contribution in [0.15, 0.2) is 0 Å². The summed E-state index contributed by atoms with van der Waals surface area (Å²) in [5, 5.41) is 7.42. The zero-order valence-electron chi connectivity index (χ0n) is 3.18. The molecule has 4 heteroatoms. The van der Waals surface area contributed by atoms with Crippen molar-refractivity contribution < 1.29 is 17.2 Å². The summed E-state index contributed by atoms with van der Waals surface area (Å²) in [6, 6.07) is 0. The minimum atomic E-state index is -0.565. The summed E-state index contributed by atoms with van der Waals surface area (Å²) in [6.07, 6.45) is 0. The topological polar surface area (TPSA) is 45.2 Å². The van der Waals surface area contributed by atoms with E-state index in [0.29, 0.717) is 0 Å². The molecular weight excluding hydrogens is 103 g/mol. The Morgan fingerprint density at radius 1 is 1.83 bits per heavy atom. The molecule has 0 N–H and O–H groups in total. The van der Waals surface area contributed by atoms with Crippen molar-refractivity contribution in [3.05, 3.63) is 4.98 Å². The van der Waals surface area contributed by atoms with Gasteiger partial charge in [-0.25, -0.2) is 0 Å². The van der Waals surface area contributed by atoms with Crippen LogP contribution in [0.5, 0.6) is 0 Å². The second-order valence-corrected chi connectivity index (χ2v) is 0.619. The van der Waals surface area contributed by atoms with Gasteiger partial charge in [0.2, 0.25) is 10.4 Å². The van der Waals surface area contributed by atoms with Crippen LogP contribution in [-0.2, 0) is 4.79 Å². The molecule has 0 atom stereocenters. The predicted octanol–water partition coefficient (Wildman–Crippen LogP) is -2.61. The molecule has 34 valence electrons. The standard InChI is InChI=1S/C2H3N2O.ClH/c1-2(5)4-3;/h1H3;1H/q+1;/p-1. The molecule has 0 spiro atoms. The van der Waals surface area contributed by atoms with Crippen LogP contribution in [0.4, 0.5) is 0 Å². The molecular formula is C2H3ClN2O. The first-order valence-electron chi connectivity index (χ1n) is 1.13. The van der Waals surface area contributed by atoms with E-state index in [-0.39, 0.29) is 12.4 Å². The maximum atomic E-state index is 9.40. The normalized spacial score (nSPS) is 4.67. The van der Waals surface area contributed by atoms with Gasteiger partial charge in [-0.15, -0.1) is 0 Å². The van der Waals surface area contributed by atoms with E-state index in [2.05, 4.69) is 4.98 Å². The third-order valence-corrected chi connectivity index (χ3v) is 0.141. The number of carbonyl (C=O) groups is 1. The number of halogens is 1. The fraction of sp³-hybridized carbons (Fsp3) is 0.500. The van der Waals surface area contributed by atoms with Crippen LogP contribution in [0.2, 0.25) is 0 Å². The van der Waals surface area contributed by atoms with Crippen LogP contribution in [0, 0.1) is 5.39 Å². The monoisotopic (exact) mass is 106 g/mol. The Morgan fingerprint density at radius 2 is 2.00 bits per heavy atom. The number of rotatable bonds is 0. The van der Waals surface area contributed by atoms with Crippen LogP contribution in [0.3, 0.4) is 0 Å². The van der Waals surface area contributed by atoms with Crippen molar-refractivity contribution in [2.75, 3.05) is 0 Å². The van der Waals surface area contributed by atoms with Crippen molar-refractivity contribution in [2.24, 2.45) is 0 Å². The maximum Gasteiger partial charge on any atom is 0.557 e. The number of diazo groups is 1. The van der Waals surface area contributed by atoms with E-state index in [1.807, 2.05) is 0 Å². The molecule has 0 aliphatic rings. The molecule has 0 radical (unpaired) electrons. The summed E-state index contributed by atoms with van der Waals surface area (Å²) < 4.78 is 0. The minimum Gasteiger partial charge on any atom is -1.00 e. The Hall–Kier alpha value is -0.620. The zero-order valence-corrected chi connectivity index (χ0v) is 3.94. The smallest absolute Gasteiger partial charge is 0.557 e. The van der Waals surface area contributed by atoms with Gasteiger partial charge in [-0.3, -0.25) is 0 Å². The molecule has 0 unspecified atom stereocenters. The van der Waals surface area contributed by atoms with Gasteiger partial charge in [0.25, 0.3) is 0 Å². The second-order valence-electron chi connectivity index (χ2n) is 0.619. The molecule has 0 saturated carbocycles. The van der Waals surface area contributed by atoms with Crippen molar-refractivity contribution in [3.8, 4) is 0 Å². The molecule has 1 amide bonds. The Kier molecular flexibility index (Phi) is 6.60. The number of hydrogen-bond donors (Lipinski definition) is 0. The van der Waals surface area contributed by atoms with Gasteiger partial charge < -0.3 is 12.4 Å². The average molecular weight is 107 g/mol. The van der Waals surface area contributed by atoms with Gasteiger partial charge in [0.1, 0.15) is 0 Å². The molecule has 6 heavy (non-hydrogen) atoms. The lowest BCUT2D eigenvalue weighted by Crippen LogP contribution is -3.00. The van der Waals surface area contributed by atoms with E-state index >= 15 is 0 Å². The van der Waals surface area contributed by atoms with Crippen molar-refractivity contribution in [2.45, 2.75) is 6.92 Å². The third kappa shape index (κ3) is 10.1. The number of nitrogens with zero attached hydrogens (tertiary/aromatic N) is 2. The molecule has 0 saturated heterocycles. The molecule has 0 heterocycles. The van der Waals surface area contributed by atoms with Crippen LogP contribution in [0.25, 0.3) is 4.98 Å². The molecule has 0 aromatic carbocycles. The van der Waals surface area contributed by atoms with Gasteiger partial charge in [0.05, 0.1) is 6.92 Å². The Morgan fingerprint density at radius 3 is 2.00 bits per heavy atom. The van der Waals surface area contributed by atoms with E-state index in [9.17, 15) is 4.79 Å². The van der Waals surface area contributed by atoms with Crippen molar-refractivity contribution in [1.29, 1.82) is 5.39 Å². The van der Waals surface area contributed by atoms with Crippen LogP contribution < -0.4 is 12.4 Å². The summed E-state index contributed by atoms with van der Waals surface area (Å²) in [6.45, 7) is 1.17. The fourth-order valence-corrected chi connectivity index (χ4v) is 0. The number of amides is 1. The van der Waals surface area contributed by atoms with Gasteiger partial charge in [0, 0.05) is 0 Å². The van der Waals surface area contributed by atoms with Gasteiger partial charge in [-0.1, -0.05) is 0 Å². The summed E-state index contributed by atoms with van der Waals surface area (Å²) in [4.78, 5) is 11.6. The molecule has 0 fully saturated rings. The molecule has 0 bridgehead atoms. The van der Waals surface area contributed by atoms with Gasteiger partial charge in [0.15, 0.2) is 0 Å². The van der Waals surface area contributed by atoms with E-state index in [0.717, 1.165) is 0 Å². The van der Waals surface area contributed by atoms with E-state index in [1.54, 1.807) is 0 Å². The van der Waals surface area contributed by atoms with Gasteiger partial charge >= 0.3 is 5.91 Å². The Bertz CT molecular complexity index is 84.0. The quantitative estimate of drug-likeness (QED) is 0.318. The molecule has 0 aliphatic carbocycles. The van der Waals surface area contributed by atoms with E-state index in [4.69, 9.17) is 5.39 Å². The lowest BCUT2D eigenvalue weighted by molar-refractivity contribution is -0.113. The summed E-state index contributed by atoms with van der Waals surface area (Å²) in [5.74, 6) is -0.565. The zero-order chi connectivity index (χ0) is 4.28. The van der Waals surface area contributed by atoms with Crippen molar-refractivity contribution >= 4 is 5.91 Å². The number of hydrogen-bond acceptors (Lipinski definition) is 2. The Labute approximate surface area is 41.4 Å². The van der Waals surface area contributed by atoms with Crippen LogP contribution in [0.1, 0.15) is 6.92 Å². The molecule has 3 nitrogen and oxygen atoms in total. The molecule has 0 rings (SSSR count). The first-order chi connectivity index (χ1) is 2.27. The average Bonchev–Trinajstić information content (AvgIpc) is 1.38. The lowest BCUT2D eigenvalue weighted by atomic mass is 10.8. The maximum absolute atomic E-state index is 9.40. The highest BCUT2D eigenvalue weighted by molar-refractivity contribution is 5.82. The first kappa shape index (κ1) is 9.03. The Balaban J connectivity index is 0. The predicted molar refractivity (Wildman–Crippen MR) is 15.8 cm³/mol. The largest absolute Gasteiger partial charge is 1.00 e. The third-order valence-electron chi connectivity index (χ3n) is 0.141. The summed E-state index contributed by atoms with van der Waals surface area (Å²) >= 11 is 0. The van der Waals surface area contributed by atoms with Crippen molar-refractivity contribution in [3.63, 3.8) is 0 Å². The molecule has 0 aromatic rings. The van der Waals surface area contributed by atoms with Gasteiger partial charge in [-0.2, -0.15) is 4.79 Å². The van der Waals surface area contributed by atoms with Crippen LogP contribution in [-0.4, -0.2) is 5.91 Å². The fourth-order valence-electron chi connectivity index (χ4n) is 0. The van der Waals surface area contributed by atoms with E-state index in [1.165, 1.54) is 6.92 Å². The SMILES string of the molecule is CC(=O)[N+]#N.[Cl-]. The first-order valence-corrected chi connectivity index (χ1v) is 1.13. The highest BCUT2D eigenvalue weighted by Gasteiger charge is 1.96. The van der Waals surface area contributed by atoms with E-state index < -0.39 is 5.91 Å². The highest BCUT2D eigenvalue weighted by atomic mass is 35.5. The summed E-state index contributed by atoms with van der Waals surface area (Å²) in [7, 11) is 0. The van der Waals surface area contributed by atoms with Crippen LogP contribution >= 0.6 is 0 Å².